The SMILES string of the molecule is c1ccc(B(Oc2cccc3cccnc23)c2ccccc2)cc1. The van der Waals surface area contributed by atoms with E-state index in [1.165, 1.54) is 0 Å². The van der Waals surface area contributed by atoms with Crippen LogP contribution in [-0.4, -0.2) is 11.9 Å². The monoisotopic (exact) mass is 309 g/mol. The molecule has 0 atom stereocenters. The third-order valence-electron chi connectivity index (χ3n) is 4.05. The molecule has 0 N–H and O–H groups in total. The van der Waals surface area contributed by atoms with Gasteiger partial charge in [0, 0.05) is 11.6 Å². The Bertz CT molecular complexity index is 896. The Morgan fingerprint density at radius 2 is 1.25 bits per heavy atom. The highest BCUT2D eigenvalue weighted by molar-refractivity contribution is 6.80. The number of para-hydroxylation sites is 1. The quantitative estimate of drug-likeness (QED) is 0.539. The van der Waals surface area contributed by atoms with Crippen molar-refractivity contribution in [2.24, 2.45) is 0 Å². The van der Waals surface area contributed by atoms with E-state index in [0.717, 1.165) is 27.6 Å². The van der Waals surface area contributed by atoms with Gasteiger partial charge >= 0.3 is 6.92 Å². The van der Waals surface area contributed by atoms with Gasteiger partial charge in [0.1, 0.15) is 11.3 Å². The lowest BCUT2D eigenvalue weighted by molar-refractivity contribution is 0.597. The molecule has 0 bridgehead atoms. The van der Waals surface area contributed by atoms with Gasteiger partial charge in [0.05, 0.1) is 0 Å². The lowest BCUT2D eigenvalue weighted by Gasteiger charge is -2.17. The van der Waals surface area contributed by atoms with E-state index in [9.17, 15) is 0 Å². The molecule has 4 rings (SSSR count). The molecule has 114 valence electrons. The molecule has 0 spiro atoms. The Kier molecular flexibility index (Phi) is 3.99. The molecule has 3 aromatic carbocycles. The molecular weight excluding hydrogens is 293 g/mol. The average Bonchev–Trinajstić information content (AvgIpc) is 2.67. The summed E-state index contributed by atoms with van der Waals surface area (Å²) in [4.78, 5) is 4.50. The Balaban J connectivity index is 1.80. The number of aromatic nitrogens is 1. The van der Waals surface area contributed by atoms with Gasteiger partial charge in [0.2, 0.25) is 0 Å². The molecule has 0 amide bonds. The zero-order valence-corrected chi connectivity index (χ0v) is 13.2. The lowest BCUT2D eigenvalue weighted by Crippen LogP contribution is -2.47. The third-order valence-corrected chi connectivity index (χ3v) is 4.05. The fraction of sp³-hybridized carbons (Fsp3) is 0. The third kappa shape index (κ3) is 2.89. The van der Waals surface area contributed by atoms with Crippen molar-refractivity contribution in [1.82, 2.24) is 4.98 Å². The summed E-state index contributed by atoms with van der Waals surface area (Å²) in [7, 11) is 0. The number of benzene rings is 3. The maximum absolute atomic E-state index is 6.44. The highest BCUT2D eigenvalue weighted by Crippen LogP contribution is 2.23. The van der Waals surface area contributed by atoms with Crippen molar-refractivity contribution in [1.29, 1.82) is 0 Å². The minimum atomic E-state index is -0.167. The van der Waals surface area contributed by atoms with Crippen molar-refractivity contribution < 1.29 is 4.65 Å². The van der Waals surface area contributed by atoms with E-state index >= 15 is 0 Å². The van der Waals surface area contributed by atoms with Crippen LogP contribution in [-0.2, 0) is 0 Å². The lowest BCUT2D eigenvalue weighted by atomic mass is 9.55. The summed E-state index contributed by atoms with van der Waals surface area (Å²) in [6.45, 7) is -0.167. The number of hydrogen-bond acceptors (Lipinski definition) is 2. The molecule has 4 aromatic rings. The Morgan fingerprint density at radius 1 is 0.625 bits per heavy atom. The van der Waals surface area contributed by atoms with E-state index in [4.69, 9.17) is 4.65 Å². The molecule has 0 fully saturated rings. The van der Waals surface area contributed by atoms with Gasteiger partial charge in [0.25, 0.3) is 0 Å². The summed E-state index contributed by atoms with van der Waals surface area (Å²) in [5.74, 6) is 0.797. The second-order valence-electron chi connectivity index (χ2n) is 5.65. The summed E-state index contributed by atoms with van der Waals surface area (Å²) in [6.07, 6.45) is 1.80. The van der Waals surface area contributed by atoms with Crippen molar-refractivity contribution in [2.75, 3.05) is 0 Å². The van der Waals surface area contributed by atoms with E-state index in [0.29, 0.717) is 0 Å². The normalized spacial score (nSPS) is 10.5. The molecule has 1 aromatic heterocycles. The Labute approximate surface area is 141 Å². The predicted molar refractivity (Wildman–Crippen MR) is 100 cm³/mol. The van der Waals surface area contributed by atoms with Crippen LogP contribution in [0.3, 0.4) is 0 Å². The molecular formula is C21H16BNO. The molecule has 0 saturated heterocycles. The maximum atomic E-state index is 6.44. The number of pyridine rings is 1. The highest BCUT2D eigenvalue weighted by Gasteiger charge is 2.24. The van der Waals surface area contributed by atoms with Crippen molar-refractivity contribution >= 4 is 28.7 Å². The molecule has 0 radical (unpaired) electrons. The minimum Gasteiger partial charge on any atom is -0.550 e. The first-order chi connectivity index (χ1) is 11.9. The van der Waals surface area contributed by atoms with E-state index in [1.807, 2.05) is 54.6 Å². The van der Waals surface area contributed by atoms with E-state index in [1.54, 1.807) is 6.20 Å². The van der Waals surface area contributed by atoms with Crippen molar-refractivity contribution in [3.8, 4) is 5.75 Å². The van der Waals surface area contributed by atoms with E-state index < -0.39 is 0 Å². The zero-order chi connectivity index (χ0) is 16.2. The molecule has 0 aliphatic rings. The van der Waals surface area contributed by atoms with Crippen LogP contribution in [0.15, 0.2) is 97.2 Å². The van der Waals surface area contributed by atoms with Crippen LogP contribution >= 0.6 is 0 Å². The van der Waals surface area contributed by atoms with Crippen LogP contribution in [0.5, 0.6) is 5.75 Å². The minimum absolute atomic E-state index is 0.167. The van der Waals surface area contributed by atoms with Gasteiger partial charge < -0.3 is 4.65 Å². The molecule has 2 nitrogen and oxygen atoms in total. The van der Waals surface area contributed by atoms with Crippen LogP contribution in [0.25, 0.3) is 10.9 Å². The number of fused-ring (bicyclic) bond motifs is 1. The fourth-order valence-electron chi connectivity index (χ4n) is 2.88. The van der Waals surface area contributed by atoms with E-state index in [2.05, 4.69) is 41.4 Å². The Morgan fingerprint density at radius 3 is 1.92 bits per heavy atom. The summed E-state index contributed by atoms with van der Waals surface area (Å²) in [6, 6.07) is 30.6. The zero-order valence-electron chi connectivity index (χ0n) is 13.2. The second kappa shape index (κ2) is 6.59. The predicted octanol–water partition coefficient (Wildman–Crippen LogP) is 3.42. The van der Waals surface area contributed by atoms with Gasteiger partial charge in [-0.25, -0.2) is 0 Å². The maximum Gasteiger partial charge on any atom is 0.426 e. The highest BCUT2D eigenvalue weighted by atomic mass is 16.4. The largest absolute Gasteiger partial charge is 0.550 e. The number of nitrogens with zero attached hydrogens (tertiary/aromatic N) is 1. The van der Waals surface area contributed by atoms with Crippen molar-refractivity contribution in [3.05, 3.63) is 97.2 Å². The second-order valence-corrected chi connectivity index (χ2v) is 5.65. The fourth-order valence-corrected chi connectivity index (χ4v) is 2.88. The van der Waals surface area contributed by atoms with Crippen molar-refractivity contribution in [2.45, 2.75) is 0 Å². The van der Waals surface area contributed by atoms with Gasteiger partial charge in [-0.3, -0.25) is 4.98 Å². The van der Waals surface area contributed by atoms with E-state index in [-0.39, 0.29) is 6.92 Å². The summed E-state index contributed by atoms with van der Waals surface area (Å²) in [5, 5.41) is 1.08. The molecule has 0 saturated carbocycles. The molecule has 3 heteroatoms. The van der Waals surface area contributed by atoms with Gasteiger partial charge in [0.15, 0.2) is 0 Å². The average molecular weight is 309 g/mol. The first-order valence-electron chi connectivity index (χ1n) is 8.02. The number of rotatable bonds is 4. The first kappa shape index (κ1) is 14.5. The summed E-state index contributed by atoms with van der Waals surface area (Å²) in [5.41, 5.74) is 3.13. The molecule has 24 heavy (non-hydrogen) atoms. The molecule has 1 heterocycles. The summed E-state index contributed by atoms with van der Waals surface area (Å²) >= 11 is 0. The molecule has 0 unspecified atom stereocenters. The smallest absolute Gasteiger partial charge is 0.426 e. The van der Waals surface area contributed by atoms with Crippen LogP contribution in [0.4, 0.5) is 0 Å². The van der Waals surface area contributed by atoms with Gasteiger partial charge in [-0.05, 0) is 23.1 Å². The van der Waals surface area contributed by atoms with Crippen LogP contribution < -0.4 is 15.6 Å². The van der Waals surface area contributed by atoms with Gasteiger partial charge in [-0.2, -0.15) is 0 Å². The Hall–Kier alpha value is -3.07. The van der Waals surface area contributed by atoms with Crippen molar-refractivity contribution in [3.63, 3.8) is 0 Å². The van der Waals surface area contributed by atoms with Gasteiger partial charge in [-0.1, -0.05) is 78.9 Å². The number of hydrogen-bond donors (Lipinski definition) is 0. The topological polar surface area (TPSA) is 22.1 Å². The summed E-state index contributed by atoms with van der Waals surface area (Å²) < 4.78 is 6.44. The van der Waals surface area contributed by atoms with Gasteiger partial charge in [-0.15, -0.1) is 0 Å². The van der Waals surface area contributed by atoms with Crippen LogP contribution in [0, 0.1) is 0 Å². The van der Waals surface area contributed by atoms with Crippen LogP contribution in [0.2, 0.25) is 0 Å². The first-order valence-corrected chi connectivity index (χ1v) is 8.02. The van der Waals surface area contributed by atoms with Crippen LogP contribution in [0.1, 0.15) is 0 Å². The molecule has 0 aliphatic carbocycles. The molecule has 0 aliphatic heterocycles. The standard InChI is InChI=1S/C21H16BNO/c1-3-11-18(12-4-1)22(19-13-5-2-6-14-19)24-20-15-7-9-17-10-8-16-23-21(17)20/h1-16H.